The summed E-state index contributed by atoms with van der Waals surface area (Å²) in [5, 5.41) is 25.3. The molecule has 5 aromatic carbocycles. The summed E-state index contributed by atoms with van der Waals surface area (Å²) in [4.78, 5) is 66.5. The fourth-order valence-corrected chi connectivity index (χ4v) is 8.77. The van der Waals surface area contributed by atoms with Crippen LogP contribution in [0.5, 0.6) is 17.2 Å². The second-order valence-electron chi connectivity index (χ2n) is 18.9. The van der Waals surface area contributed by atoms with Crippen LogP contribution < -0.4 is 31.0 Å². The van der Waals surface area contributed by atoms with Crippen molar-refractivity contribution in [2.75, 3.05) is 25.0 Å². The lowest BCUT2D eigenvalue weighted by Crippen LogP contribution is -2.49. The molecule has 8 aromatic rings. The third kappa shape index (κ3) is 14.3. The minimum atomic E-state index is -1.12. The fraction of sp³-hybridized carbons (Fsp3) is 0.233. The van der Waals surface area contributed by atoms with E-state index in [1.165, 1.54) is 17.0 Å². The average Bonchev–Trinajstić information content (AvgIpc) is 3.90. The Balaban J connectivity index is 0.681. The zero-order chi connectivity index (χ0) is 53.6. The van der Waals surface area contributed by atoms with Crippen molar-refractivity contribution in [1.29, 1.82) is 0 Å². The Morgan fingerprint density at radius 1 is 0.844 bits per heavy atom. The first-order valence-corrected chi connectivity index (χ1v) is 25.3. The van der Waals surface area contributed by atoms with Gasteiger partial charge in [-0.2, -0.15) is 5.10 Å². The van der Waals surface area contributed by atoms with E-state index in [9.17, 15) is 24.3 Å². The summed E-state index contributed by atoms with van der Waals surface area (Å²) in [5.41, 5.74) is 5.21. The van der Waals surface area contributed by atoms with E-state index < -0.39 is 5.60 Å². The van der Waals surface area contributed by atoms with Gasteiger partial charge in [0.2, 0.25) is 11.8 Å². The minimum absolute atomic E-state index is 0.0726. The van der Waals surface area contributed by atoms with Gasteiger partial charge in [0, 0.05) is 55.5 Å². The minimum Gasteiger partial charge on any atom is -0.487 e. The monoisotopic (exact) mass is 1030 g/mol. The normalized spacial score (nSPS) is 13.2. The number of amides is 3. The average molecular weight is 1030 g/mol. The van der Waals surface area contributed by atoms with Gasteiger partial charge >= 0.3 is 0 Å². The number of fused-ring (bicyclic) bond motifs is 1. The second kappa shape index (κ2) is 24.9. The molecular formula is C60H58N10O7. The maximum atomic E-state index is 13.5. The molecule has 1 fully saturated rings. The van der Waals surface area contributed by atoms with E-state index >= 15 is 0 Å². The number of rotatable bonds is 20. The standard InChI is InChI=1S/C60H58N10O7/c1-3-56(71)64-33-44-15-18-47(19-16-44)58(73)67-53-13-7-8-14-55(53)77-51-22-20-50(21-23-51)76-39-49-36-62-48(35-63-49)38-70-37-45(34-66-70)32-61-27-9-10-43-17-24-52-54(31-43)65-41-69(59(52)74)40-60(75)25-28-68(29-26-60)57(72)30-42(2)46-11-5-4-6-12-46/h3-8,11-24,31,34-37,41-42,61,75H,1,25-30,32-33,38-40H2,2H3,(H,64,71)(H,67,73)/t42-/m1/s1. The lowest BCUT2D eigenvalue weighted by molar-refractivity contribution is -0.136. The number of hydrogen-bond donors (Lipinski definition) is 4. The summed E-state index contributed by atoms with van der Waals surface area (Å²) in [6.45, 7) is 8.42. The molecule has 1 aliphatic heterocycles. The number of nitrogens with one attached hydrogen (secondary N) is 3. The van der Waals surface area contributed by atoms with Crippen molar-refractivity contribution >= 4 is 34.3 Å². The number of ether oxygens (including phenoxy) is 2. The second-order valence-corrected chi connectivity index (χ2v) is 18.9. The van der Waals surface area contributed by atoms with Crippen LogP contribution >= 0.6 is 0 Å². The van der Waals surface area contributed by atoms with Crippen molar-refractivity contribution in [3.8, 4) is 29.1 Å². The van der Waals surface area contributed by atoms with Gasteiger partial charge in [0.1, 0.15) is 18.1 Å². The van der Waals surface area contributed by atoms with Crippen LogP contribution in [0.4, 0.5) is 5.69 Å². The Hall–Kier alpha value is -9.24. The van der Waals surface area contributed by atoms with Crippen LogP contribution in [-0.2, 0) is 42.4 Å². The Kier molecular flexibility index (Phi) is 17.0. The molecule has 1 aliphatic rings. The number of aliphatic hydroxyl groups is 1. The topological polar surface area (TPSA) is 208 Å². The summed E-state index contributed by atoms with van der Waals surface area (Å²) < 4.78 is 15.4. The first-order chi connectivity index (χ1) is 37.5. The molecule has 3 aromatic heterocycles. The van der Waals surface area contributed by atoms with Gasteiger partial charge in [-0.3, -0.25) is 38.4 Å². The molecule has 1 saturated heterocycles. The van der Waals surface area contributed by atoms with Gasteiger partial charge in [0.05, 0.1) is 78.1 Å². The molecule has 0 spiro atoms. The van der Waals surface area contributed by atoms with E-state index in [4.69, 9.17) is 9.47 Å². The first kappa shape index (κ1) is 52.6. The molecule has 9 rings (SSSR count). The van der Waals surface area contributed by atoms with Crippen LogP contribution in [0, 0.1) is 11.8 Å². The van der Waals surface area contributed by atoms with Crippen molar-refractivity contribution in [1.82, 2.24) is 44.8 Å². The molecular weight excluding hydrogens is 973 g/mol. The van der Waals surface area contributed by atoms with E-state index in [2.05, 4.69) is 61.3 Å². The highest BCUT2D eigenvalue weighted by Gasteiger charge is 2.35. The molecule has 1 atom stereocenters. The van der Waals surface area contributed by atoms with Gasteiger partial charge in [0.15, 0.2) is 5.75 Å². The quantitative estimate of drug-likeness (QED) is 0.0332. The number of anilines is 1. The highest BCUT2D eigenvalue weighted by Crippen LogP contribution is 2.31. The lowest BCUT2D eigenvalue weighted by Gasteiger charge is -2.38. The number of piperidine rings is 1. The van der Waals surface area contributed by atoms with E-state index in [0.717, 1.165) is 27.9 Å². The van der Waals surface area contributed by atoms with Crippen LogP contribution in [0.25, 0.3) is 10.9 Å². The highest BCUT2D eigenvalue weighted by molar-refractivity contribution is 6.05. The summed E-state index contributed by atoms with van der Waals surface area (Å²) >= 11 is 0. The summed E-state index contributed by atoms with van der Waals surface area (Å²) in [7, 11) is 0. The van der Waals surface area contributed by atoms with E-state index in [-0.39, 0.29) is 42.4 Å². The molecule has 17 nitrogen and oxygen atoms in total. The van der Waals surface area contributed by atoms with E-state index in [1.807, 2.05) is 53.6 Å². The van der Waals surface area contributed by atoms with Crippen LogP contribution in [0.1, 0.15) is 76.1 Å². The van der Waals surface area contributed by atoms with E-state index in [0.29, 0.717) is 104 Å². The molecule has 4 heterocycles. The Morgan fingerprint density at radius 2 is 1.58 bits per heavy atom. The summed E-state index contributed by atoms with van der Waals surface area (Å²) in [6, 6.07) is 36.6. The Bertz CT molecular complexity index is 3470. The zero-order valence-corrected chi connectivity index (χ0v) is 42.6. The largest absolute Gasteiger partial charge is 0.487 e. The molecule has 3 amide bonds. The number of aromatic nitrogens is 6. The molecule has 4 N–H and O–H groups in total. The van der Waals surface area contributed by atoms with Crippen molar-refractivity contribution < 1.29 is 29.0 Å². The number of carbonyl (C=O) groups is 3. The van der Waals surface area contributed by atoms with Crippen LogP contribution in [0.2, 0.25) is 0 Å². The molecule has 0 aliphatic carbocycles. The molecule has 77 heavy (non-hydrogen) atoms. The van der Waals surface area contributed by atoms with E-state index in [1.54, 1.807) is 102 Å². The molecule has 0 unspecified atom stereocenters. The van der Waals surface area contributed by atoms with Gasteiger partial charge in [-0.25, -0.2) is 4.98 Å². The van der Waals surface area contributed by atoms with Crippen molar-refractivity contribution in [2.24, 2.45) is 0 Å². The number of likely N-dealkylation sites (tertiary alicyclic amines) is 1. The number of nitrogens with zero attached hydrogens (tertiary/aromatic N) is 7. The summed E-state index contributed by atoms with van der Waals surface area (Å²) in [5.74, 6) is 7.52. The Labute approximate surface area is 445 Å². The molecule has 390 valence electrons. The van der Waals surface area contributed by atoms with Gasteiger partial charge in [-0.15, -0.1) is 0 Å². The number of carbonyl (C=O) groups excluding carboxylic acids is 3. The number of para-hydroxylation sites is 2. The fourth-order valence-electron chi connectivity index (χ4n) is 8.77. The van der Waals surface area contributed by atoms with Gasteiger partial charge in [-0.1, -0.05) is 79.9 Å². The number of hydrogen-bond acceptors (Lipinski definition) is 12. The third-order valence-corrected chi connectivity index (χ3v) is 13.2. The molecule has 0 saturated carbocycles. The maximum Gasteiger partial charge on any atom is 0.261 e. The van der Waals surface area contributed by atoms with Crippen molar-refractivity contribution in [3.63, 3.8) is 0 Å². The summed E-state index contributed by atoms with van der Waals surface area (Å²) in [6.07, 6.45) is 11.0. The van der Waals surface area contributed by atoms with Crippen LogP contribution in [0.3, 0.4) is 0 Å². The van der Waals surface area contributed by atoms with Crippen molar-refractivity contribution in [2.45, 2.75) is 70.5 Å². The SMILES string of the molecule is C=CC(=O)NCc1ccc(C(=O)Nc2ccccc2Oc2ccc(OCc3cnc(Cn4cc(CNCC#Cc5ccc6c(=O)n(CC7(O)CCN(C(=O)C[C@@H](C)c8ccccc8)CC7)cnc6c5)cn4)cn3)cc2)cc1. The number of benzene rings is 5. The molecule has 17 heteroatoms. The van der Waals surface area contributed by atoms with Gasteiger partial charge in [0.25, 0.3) is 11.5 Å². The predicted octanol–water partition coefficient (Wildman–Crippen LogP) is 7.55. The Morgan fingerprint density at radius 3 is 2.35 bits per heavy atom. The molecule has 0 radical (unpaired) electrons. The predicted molar refractivity (Wildman–Crippen MR) is 292 cm³/mol. The lowest BCUT2D eigenvalue weighted by atomic mass is 9.90. The zero-order valence-electron chi connectivity index (χ0n) is 42.6. The third-order valence-electron chi connectivity index (χ3n) is 13.2. The van der Waals surface area contributed by atoms with Crippen LogP contribution in [-0.4, -0.2) is 82.3 Å². The maximum absolute atomic E-state index is 13.5. The van der Waals surface area contributed by atoms with Gasteiger partial charge < -0.3 is 35.4 Å². The highest BCUT2D eigenvalue weighted by atomic mass is 16.5. The molecule has 0 bridgehead atoms. The first-order valence-electron chi connectivity index (χ1n) is 25.3. The van der Waals surface area contributed by atoms with Crippen molar-refractivity contribution in [3.05, 3.63) is 215 Å². The van der Waals surface area contributed by atoms with Crippen LogP contribution in [0.15, 0.2) is 170 Å². The smallest absolute Gasteiger partial charge is 0.261 e. The van der Waals surface area contributed by atoms with Gasteiger partial charge in [-0.05, 0) is 103 Å².